The van der Waals surface area contributed by atoms with Gasteiger partial charge in [-0.1, -0.05) is 11.6 Å². The Labute approximate surface area is 110 Å². The van der Waals surface area contributed by atoms with Crippen molar-refractivity contribution in [3.63, 3.8) is 0 Å². The third-order valence-corrected chi connectivity index (χ3v) is 3.15. The molecule has 0 aliphatic heterocycles. The van der Waals surface area contributed by atoms with Crippen LogP contribution >= 0.6 is 11.6 Å². The summed E-state index contributed by atoms with van der Waals surface area (Å²) < 4.78 is 0. The summed E-state index contributed by atoms with van der Waals surface area (Å²) >= 11 is 6.12. The Morgan fingerprint density at radius 3 is 3.00 bits per heavy atom. The molecule has 0 fully saturated rings. The Hall–Kier alpha value is -1.81. The molecule has 0 spiro atoms. The molecule has 0 saturated heterocycles. The maximum atomic E-state index is 10.4. The number of nitrogens with zero attached hydrogens (tertiary/aromatic N) is 1. The van der Waals surface area contributed by atoms with Gasteiger partial charge in [-0.05, 0) is 42.7 Å². The van der Waals surface area contributed by atoms with Gasteiger partial charge in [-0.3, -0.25) is 4.98 Å². The second-order valence-corrected chi connectivity index (χ2v) is 4.48. The van der Waals surface area contributed by atoms with Gasteiger partial charge in [0.15, 0.2) is 0 Å². The van der Waals surface area contributed by atoms with Gasteiger partial charge in [0, 0.05) is 18.1 Å². The fourth-order valence-corrected chi connectivity index (χ4v) is 2.09. The standard InChI is InChI=1S/C13H13ClN2O2/c1-8-6-12-10(11(14)3-5-15-12)7-9(8)2-4-16-13(17)18/h3,5-7,16H,2,4H2,1H3,(H,17,18). The number of aromatic nitrogens is 1. The fourth-order valence-electron chi connectivity index (χ4n) is 1.88. The van der Waals surface area contributed by atoms with E-state index < -0.39 is 6.09 Å². The van der Waals surface area contributed by atoms with Crippen molar-refractivity contribution in [2.24, 2.45) is 0 Å². The lowest BCUT2D eigenvalue weighted by Crippen LogP contribution is -2.23. The van der Waals surface area contributed by atoms with E-state index >= 15 is 0 Å². The van der Waals surface area contributed by atoms with E-state index in [1.807, 2.05) is 19.1 Å². The third-order valence-electron chi connectivity index (χ3n) is 2.82. The summed E-state index contributed by atoms with van der Waals surface area (Å²) in [4.78, 5) is 14.7. The number of nitrogens with one attached hydrogen (secondary N) is 1. The Morgan fingerprint density at radius 1 is 1.50 bits per heavy atom. The zero-order chi connectivity index (χ0) is 13.1. The minimum Gasteiger partial charge on any atom is -0.465 e. The van der Waals surface area contributed by atoms with Crippen LogP contribution in [0.2, 0.25) is 5.02 Å². The van der Waals surface area contributed by atoms with E-state index in [-0.39, 0.29) is 0 Å². The minimum absolute atomic E-state index is 0.388. The second kappa shape index (κ2) is 5.23. The van der Waals surface area contributed by atoms with E-state index in [4.69, 9.17) is 16.7 Å². The number of carbonyl (C=O) groups is 1. The molecule has 5 heteroatoms. The highest BCUT2D eigenvalue weighted by Crippen LogP contribution is 2.24. The third kappa shape index (κ3) is 2.71. The number of hydrogen-bond acceptors (Lipinski definition) is 2. The highest BCUT2D eigenvalue weighted by atomic mass is 35.5. The van der Waals surface area contributed by atoms with Crippen LogP contribution in [0.25, 0.3) is 10.9 Å². The van der Waals surface area contributed by atoms with Gasteiger partial charge in [0.05, 0.1) is 10.5 Å². The molecular weight excluding hydrogens is 252 g/mol. The smallest absolute Gasteiger partial charge is 0.404 e. The molecule has 1 aromatic heterocycles. The predicted molar refractivity (Wildman–Crippen MR) is 71.2 cm³/mol. The number of amides is 1. The minimum atomic E-state index is -1.01. The van der Waals surface area contributed by atoms with Crippen molar-refractivity contribution in [3.05, 3.63) is 40.5 Å². The first-order valence-corrected chi connectivity index (χ1v) is 5.96. The Morgan fingerprint density at radius 2 is 2.28 bits per heavy atom. The lowest BCUT2D eigenvalue weighted by molar-refractivity contribution is 0.194. The van der Waals surface area contributed by atoms with Gasteiger partial charge in [0.25, 0.3) is 0 Å². The molecule has 0 aliphatic carbocycles. The molecule has 18 heavy (non-hydrogen) atoms. The lowest BCUT2D eigenvalue weighted by Gasteiger charge is -2.08. The van der Waals surface area contributed by atoms with Crippen LogP contribution in [0.5, 0.6) is 0 Å². The van der Waals surface area contributed by atoms with Crippen molar-refractivity contribution in [2.45, 2.75) is 13.3 Å². The van der Waals surface area contributed by atoms with E-state index in [0.29, 0.717) is 18.0 Å². The van der Waals surface area contributed by atoms with Gasteiger partial charge in [-0.2, -0.15) is 0 Å². The van der Waals surface area contributed by atoms with Gasteiger partial charge in [-0.15, -0.1) is 0 Å². The monoisotopic (exact) mass is 264 g/mol. The molecule has 0 unspecified atom stereocenters. The topological polar surface area (TPSA) is 62.2 Å². The number of pyridine rings is 1. The van der Waals surface area contributed by atoms with Crippen molar-refractivity contribution in [3.8, 4) is 0 Å². The molecule has 1 heterocycles. The first-order valence-electron chi connectivity index (χ1n) is 5.58. The largest absolute Gasteiger partial charge is 0.465 e. The highest BCUT2D eigenvalue weighted by Gasteiger charge is 2.05. The van der Waals surface area contributed by atoms with E-state index in [1.54, 1.807) is 12.3 Å². The second-order valence-electron chi connectivity index (χ2n) is 4.07. The molecule has 2 N–H and O–H groups in total. The van der Waals surface area contributed by atoms with Crippen LogP contribution in [-0.4, -0.2) is 22.7 Å². The van der Waals surface area contributed by atoms with Crippen molar-refractivity contribution in [1.29, 1.82) is 0 Å². The molecule has 0 saturated carbocycles. The van der Waals surface area contributed by atoms with E-state index in [1.165, 1.54) is 0 Å². The molecule has 0 bridgehead atoms. The van der Waals surface area contributed by atoms with E-state index in [2.05, 4.69) is 10.3 Å². The predicted octanol–water partition coefficient (Wildman–Crippen LogP) is 3.01. The van der Waals surface area contributed by atoms with Crippen LogP contribution in [0.15, 0.2) is 24.4 Å². The van der Waals surface area contributed by atoms with Crippen molar-refractivity contribution < 1.29 is 9.90 Å². The van der Waals surface area contributed by atoms with Crippen LogP contribution in [0.1, 0.15) is 11.1 Å². The van der Waals surface area contributed by atoms with Gasteiger partial charge >= 0.3 is 6.09 Å². The maximum Gasteiger partial charge on any atom is 0.404 e. The Balaban J connectivity index is 2.30. The first-order chi connectivity index (χ1) is 8.58. The molecule has 94 valence electrons. The van der Waals surface area contributed by atoms with E-state index in [0.717, 1.165) is 22.0 Å². The molecule has 0 radical (unpaired) electrons. The van der Waals surface area contributed by atoms with Crippen molar-refractivity contribution >= 4 is 28.6 Å². The molecule has 1 aromatic carbocycles. The maximum absolute atomic E-state index is 10.4. The molecule has 0 aliphatic rings. The van der Waals surface area contributed by atoms with Crippen LogP contribution in [0.4, 0.5) is 4.79 Å². The molecule has 4 nitrogen and oxygen atoms in total. The highest BCUT2D eigenvalue weighted by molar-refractivity contribution is 6.35. The molecule has 1 amide bonds. The van der Waals surface area contributed by atoms with Crippen LogP contribution in [0.3, 0.4) is 0 Å². The number of benzene rings is 1. The van der Waals surface area contributed by atoms with Crippen molar-refractivity contribution in [1.82, 2.24) is 10.3 Å². The summed E-state index contributed by atoms with van der Waals surface area (Å²) in [5, 5.41) is 12.4. The molecule has 2 rings (SSSR count). The Kier molecular flexibility index (Phi) is 3.67. The van der Waals surface area contributed by atoms with Crippen LogP contribution < -0.4 is 5.32 Å². The number of halogens is 1. The number of hydrogen-bond donors (Lipinski definition) is 2. The number of rotatable bonds is 3. The summed E-state index contributed by atoms with van der Waals surface area (Å²) in [6.45, 7) is 2.37. The Bertz CT molecular complexity index is 599. The average molecular weight is 265 g/mol. The van der Waals surface area contributed by atoms with Gasteiger partial charge in [0.1, 0.15) is 0 Å². The van der Waals surface area contributed by atoms with E-state index in [9.17, 15) is 4.79 Å². The molecule has 2 aromatic rings. The van der Waals surface area contributed by atoms with Crippen LogP contribution in [0, 0.1) is 6.92 Å². The summed E-state index contributed by atoms with van der Waals surface area (Å²) in [5.41, 5.74) is 3.02. The zero-order valence-electron chi connectivity index (χ0n) is 9.90. The lowest BCUT2D eigenvalue weighted by atomic mass is 10.0. The number of carboxylic acid groups (broad SMARTS) is 1. The summed E-state index contributed by atoms with van der Waals surface area (Å²) in [7, 11) is 0. The van der Waals surface area contributed by atoms with Gasteiger partial charge in [0.2, 0.25) is 0 Å². The SMILES string of the molecule is Cc1cc2nccc(Cl)c2cc1CCNC(=O)O. The first kappa shape index (κ1) is 12.6. The average Bonchev–Trinajstić information content (AvgIpc) is 2.30. The van der Waals surface area contributed by atoms with Crippen molar-refractivity contribution in [2.75, 3.05) is 6.54 Å². The molecular formula is C13H13ClN2O2. The normalized spacial score (nSPS) is 10.6. The number of fused-ring (bicyclic) bond motifs is 1. The fraction of sp³-hybridized carbons (Fsp3) is 0.231. The van der Waals surface area contributed by atoms with Gasteiger partial charge in [-0.25, -0.2) is 4.79 Å². The number of aryl methyl sites for hydroxylation is 1. The zero-order valence-corrected chi connectivity index (χ0v) is 10.7. The summed E-state index contributed by atoms with van der Waals surface area (Å²) in [6.07, 6.45) is 1.31. The summed E-state index contributed by atoms with van der Waals surface area (Å²) in [6, 6.07) is 5.69. The van der Waals surface area contributed by atoms with Crippen LogP contribution in [-0.2, 0) is 6.42 Å². The summed E-state index contributed by atoms with van der Waals surface area (Å²) in [5.74, 6) is 0. The van der Waals surface area contributed by atoms with Gasteiger partial charge < -0.3 is 10.4 Å². The molecule has 0 atom stereocenters. The quantitative estimate of drug-likeness (QED) is 0.896.